The summed E-state index contributed by atoms with van der Waals surface area (Å²) in [5.74, 6) is 0.949. The number of hydrogen-bond acceptors (Lipinski definition) is 1. The molecule has 1 aromatic carbocycles. The van der Waals surface area contributed by atoms with Crippen LogP contribution in [0, 0.1) is 12.5 Å². The van der Waals surface area contributed by atoms with Crippen LogP contribution in [0.15, 0.2) is 24.3 Å². The summed E-state index contributed by atoms with van der Waals surface area (Å²) in [5, 5.41) is 0. The molecule has 0 bridgehead atoms. The van der Waals surface area contributed by atoms with Crippen molar-refractivity contribution in [1.29, 1.82) is 0 Å². The van der Waals surface area contributed by atoms with E-state index in [1.807, 2.05) is 0 Å². The van der Waals surface area contributed by atoms with Gasteiger partial charge in [-0.3, -0.25) is 4.90 Å². The summed E-state index contributed by atoms with van der Waals surface area (Å²) in [6, 6.07) is 8.83. The molecule has 3 rings (SSSR count). The van der Waals surface area contributed by atoms with Gasteiger partial charge in [-0.25, -0.2) is 0 Å². The SMILES string of the molecule is [CH]1c2ccccc2CCN1CC1CCCCC1. The molecule has 1 nitrogen and oxygen atoms in total. The molecule has 0 N–H and O–H groups in total. The first-order valence-corrected chi connectivity index (χ1v) is 7.08. The van der Waals surface area contributed by atoms with Gasteiger partial charge in [0.2, 0.25) is 0 Å². The second-order valence-corrected chi connectivity index (χ2v) is 5.58. The molecule has 0 saturated heterocycles. The molecule has 1 heteroatoms. The first-order chi connectivity index (χ1) is 8.42. The standard InChI is InChI=1S/C16H22N/c1-2-6-14(7-3-1)12-17-11-10-15-8-4-5-9-16(15)13-17/h4-5,8-9,13-14H,1-3,6-7,10-12H2. The zero-order valence-electron chi connectivity index (χ0n) is 10.6. The predicted molar refractivity (Wildman–Crippen MR) is 71.7 cm³/mol. The summed E-state index contributed by atoms with van der Waals surface area (Å²) in [7, 11) is 0. The zero-order chi connectivity index (χ0) is 11.5. The summed E-state index contributed by atoms with van der Waals surface area (Å²) >= 11 is 0. The monoisotopic (exact) mass is 228 g/mol. The first-order valence-electron chi connectivity index (χ1n) is 7.08. The number of benzene rings is 1. The van der Waals surface area contributed by atoms with E-state index in [1.165, 1.54) is 62.7 Å². The van der Waals surface area contributed by atoms with Gasteiger partial charge in [0.05, 0.1) is 6.54 Å². The maximum atomic E-state index is 2.55. The lowest BCUT2D eigenvalue weighted by Crippen LogP contribution is -2.33. The Morgan fingerprint density at radius 1 is 1.06 bits per heavy atom. The average molecular weight is 228 g/mol. The topological polar surface area (TPSA) is 3.24 Å². The molecule has 1 fully saturated rings. The Kier molecular flexibility index (Phi) is 3.46. The van der Waals surface area contributed by atoms with E-state index in [0.29, 0.717) is 0 Å². The highest BCUT2D eigenvalue weighted by Crippen LogP contribution is 2.27. The molecule has 0 unspecified atom stereocenters. The van der Waals surface area contributed by atoms with Crippen LogP contribution in [0.25, 0.3) is 0 Å². The molecule has 1 saturated carbocycles. The second kappa shape index (κ2) is 5.22. The third-order valence-electron chi connectivity index (χ3n) is 4.26. The van der Waals surface area contributed by atoms with E-state index in [2.05, 4.69) is 35.7 Å². The summed E-state index contributed by atoms with van der Waals surface area (Å²) in [6.45, 7) is 4.88. The molecule has 0 aromatic heterocycles. The van der Waals surface area contributed by atoms with E-state index in [4.69, 9.17) is 0 Å². The summed E-state index contributed by atoms with van der Waals surface area (Å²) in [6.07, 6.45) is 8.49. The van der Waals surface area contributed by atoms with Gasteiger partial charge in [-0.2, -0.15) is 0 Å². The Hall–Kier alpha value is -0.820. The van der Waals surface area contributed by atoms with E-state index >= 15 is 0 Å². The number of nitrogens with zero attached hydrogens (tertiary/aromatic N) is 1. The largest absolute Gasteiger partial charge is 0.294 e. The van der Waals surface area contributed by atoms with Crippen molar-refractivity contribution in [2.75, 3.05) is 13.1 Å². The molecule has 0 spiro atoms. The van der Waals surface area contributed by atoms with Gasteiger partial charge >= 0.3 is 0 Å². The third-order valence-corrected chi connectivity index (χ3v) is 4.26. The zero-order valence-corrected chi connectivity index (χ0v) is 10.6. The molecular weight excluding hydrogens is 206 g/mol. The van der Waals surface area contributed by atoms with E-state index in [0.717, 1.165) is 5.92 Å². The highest BCUT2D eigenvalue weighted by molar-refractivity contribution is 5.34. The van der Waals surface area contributed by atoms with Gasteiger partial charge in [-0.15, -0.1) is 0 Å². The van der Waals surface area contributed by atoms with Crippen molar-refractivity contribution in [3.8, 4) is 0 Å². The third kappa shape index (κ3) is 2.71. The number of hydrogen-bond donors (Lipinski definition) is 0. The maximum absolute atomic E-state index is 2.55. The highest BCUT2D eigenvalue weighted by atomic mass is 15.1. The molecular formula is C16H22N. The first kappa shape index (κ1) is 11.3. The quantitative estimate of drug-likeness (QED) is 0.747. The number of fused-ring (bicyclic) bond motifs is 1. The normalized spacial score (nSPS) is 22.4. The molecule has 1 aromatic rings. The Labute approximate surface area is 105 Å². The Morgan fingerprint density at radius 3 is 2.76 bits per heavy atom. The Morgan fingerprint density at radius 2 is 1.88 bits per heavy atom. The number of rotatable bonds is 2. The van der Waals surface area contributed by atoms with Crippen molar-refractivity contribution in [3.63, 3.8) is 0 Å². The van der Waals surface area contributed by atoms with E-state index in [9.17, 15) is 0 Å². The van der Waals surface area contributed by atoms with Crippen molar-refractivity contribution >= 4 is 0 Å². The minimum atomic E-state index is 0.949. The molecule has 2 aliphatic rings. The minimum Gasteiger partial charge on any atom is -0.294 e. The van der Waals surface area contributed by atoms with Crippen molar-refractivity contribution < 1.29 is 0 Å². The van der Waals surface area contributed by atoms with Crippen molar-refractivity contribution in [2.24, 2.45) is 5.92 Å². The van der Waals surface area contributed by atoms with Gasteiger partial charge in [0, 0.05) is 13.1 Å². The van der Waals surface area contributed by atoms with Gasteiger partial charge in [-0.05, 0) is 36.3 Å². The Balaban J connectivity index is 1.60. The van der Waals surface area contributed by atoms with Crippen molar-refractivity contribution in [1.82, 2.24) is 4.90 Å². The van der Waals surface area contributed by atoms with Crippen LogP contribution in [0.2, 0.25) is 0 Å². The van der Waals surface area contributed by atoms with Crippen LogP contribution in [0.4, 0.5) is 0 Å². The van der Waals surface area contributed by atoms with Gasteiger partial charge in [-0.1, -0.05) is 43.5 Å². The van der Waals surface area contributed by atoms with Crippen molar-refractivity contribution in [2.45, 2.75) is 38.5 Å². The van der Waals surface area contributed by atoms with Crippen molar-refractivity contribution in [3.05, 3.63) is 41.9 Å². The fraction of sp³-hybridized carbons (Fsp3) is 0.562. The van der Waals surface area contributed by atoms with Crippen LogP contribution in [-0.2, 0) is 6.42 Å². The van der Waals surface area contributed by atoms with E-state index in [-0.39, 0.29) is 0 Å². The molecule has 1 aliphatic carbocycles. The van der Waals surface area contributed by atoms with E-state index < -0.39 is 0 Å². The van der Waals surface area contributed by atoms with Crippen LogP contribution in [0.3, 0.4) is 0 Å². The second-order valence-electron chi connectivity index (χ2n) is 5.58. The lowest BCUT2D eigenvalue weighted by Gasteiger charge is -2.32. The van der Waals surface area contributed by atoms with Crippen LogP contribution in [0.1, 0.15) is 43.2 Å². The van der Waals surface area contributed by atoms with E-state index in [1.54, 1.807) is 0 Å². The van der Waals surface area contributed by atoms with Gasteiger partial charge in [0.15, 0.2) is 0 Å². The fourth-order valence-corrected chi connectivity index (χ4v) is 3.26. The molecule has 1 radical (unpaired) electrons. The maximum Gasteiger partial charge on any atom is 0.0548 e. The lowest BCUT2D eigenvalue weighted by atomic mass is 9.88. The average Bonchev–Trinajstić information content (AvgIpc) is 2.40. The fourth-order valence-electron chi connectivity index (χ4n) is 3.26. The van der Waals surface area contributed by atoms with Gasteiger partial charge in [0.25, 0.3) is 0 Å². The van der Waals surface area contributed by atoms with Crippen LogP contribution < -0.4 is 0 Å². The van der Waals surface area contributed by atoms with Gasteiger partial charge < -0.3 is 0 Å². The lowest BCUT2D eigenvalue weighted by molar-refractivity contribution is 0.235. The molecule has 1 heterocycles. The predicted octanol–water partition coefficient (Wildman–Crippen LogP) is 3.63. The molecule has 0 amide bonds. The van der Waals surface area contributed by atoms with Crippen LogP contribution >= 0.6 is 0 Å². The molecule has 17 heavy (non-hydrogen) atoms. The smallest absolute Gasteiger partial charge is 0.0548 e. The molecule has 1 aliphatic heterocycles. The molecule has 91 valence electrons. The minimum absolute atomic E-state index is 0.949. The highest BCUT2D eigenvalue weighted by Gasteiger charge is 2.21. The van der Waals surface area contributed by atoms with Crippen LogP contribution in [0.5, 0.6) is 0 Å². The molecule has 0 atom stereocenters. The summed E-state index contributed by atoms with van der Waals surface area (Å²) in [5.41, 5.74) is 2.96. The summed E-state index contributed by atoms with van der Waals surface area (Å²) < 4.78 is 0. The Bertz CT molecular complexity index is 366. The van der Waals surface area contributed by atoms with Gasteiger partial charge in [0.1, 0.15) is 0 Å². The summed E-state index contributed by atoms with van der Waals surface area (Å²) in [4.78, 5) is 2.55. The van der Waals surface area contributed by atoms with Crippen LogP contribution in [-0.4, -0.2) is 18.0 Å².